The maximum Gasteiger partial charge on any atom is 0.127 e. The van der Waals surface area contributed by atoms with Crippen molar-refractivity contribution in [2.24, 2.45) is 0 Å². The van der Waals surface area contributed by atoms with Crippen LogP contribution >= 0.6 is 0 Å². The summed E-state index contributed by atoms with van der Waals surface area (Å²) in [5.41, 5.74) is 5.15. The van der Waals surface area contributed by atoms with Crippen molar-refractivity contribution in [2.45, 2.75) is 33.6 Å². The molecule has 0 saturated carbocycles. The van der Waals surface area contributed by atoms with Gasteiger partial charge in [-0.05, 0) is 71.8 Å². The number of pyridine rings is 1. The maximum absolute atomic E-state index is 14.7. The van der Waals surface area contributed by atoms with E-state index in [2.05, 4.69) is 49.2 Å². The molecule has 3 aromatic carbocycles. The first-order chi connectivity index (χ1) is 12.4. The molecule has 130 valence electrons. The Balaban J connectivity index is 2.11. The van der Waals surface area contributed by atoms with Crippen molar-refractivity contribution < 1.29 is 4.39 Å². The smallest absolute Gasteiger partial charge is 0.127 e. The van der Waals surface area contributed by atoms with Crippen LogP contribution in [-0.4, -0.2) is 4.98 Å². The van der Waals surface area contributed by atoms with Crippen molar-refractivity contribution in [3.8, 4) is 11.3 Å². The van der Waals surface area contributed by atoms with Gasteiger partial charge in [-0.25, -0.2) is 4.39 Å². The van der Waals surface area contributed by atoms with E-state index in [1.807, 2.05) is 32.2 Å². The maximum atomic E-state index is 14.7. The van der Waals surface area contributed by atoms with Crippen molar-refractivity contribution in [2.75, 3.05) is 0 Å². The van der Waals surface area contributed by atoms with E-state index in [1.165, 1.54) is 11.1 Å². The molecular formula is C24H22FN. The van der Waals surface area contributed by atoms with Gasteiger partial charge in [-0.2, -0.15) is 0 Å². The molecule has 0 unspecified atom stereocenters. The Hall–Kier alpha value is -2.74. The highest BCUT2D eigenvalue weighted by atomic mass is 19.1. The Labute approximate surface area is 153 Å². The third-order valence-electron chi connectivity index (χ3n) is 4.98. The second kappa shape index (κ2) is 6.21. The van der Waals surface area contributed by atoms with Crippen LogP contribution in [0.5, 0.6) is 0 Å². The van der Waals surface area contributed by atoms with Crippen molar-refractivity contribution in [1.29, 1.82) is 0 Å². The Morgan fingerprint density at radius 1 is 0.846 bits per heavy atom. The number of halogens is 1. The summed E-state index contributed by atoms with van der Waals surface area (Å²) >= 11 is 0. The third kappa shape index (κ3) is 2.76. The first-order valence-electron chi connectivity index (χ1n) is 9.03. The summed E-state index contributed by atoms with van der Waals surface area (Å²) in [5, 5.41) is 4.08. The largest absolute Gasteiger partial charge is 0.256 e. The number of fused-ring (bicyclic) bond motifs is 3. The average Bonchev–Trinajstić information content (AvgIpc) is 2.59. The van der Waals surface area contributed by atoms with E-state index < -0.39 is 0 Å². The lowest BCUT2D eigenvalue weighted by Crippen LogP contribution is -1.95. The average molecular weight is 343 g/mol. The molecule has 0 aliphatic rings. The van der Waals surface area contributed by atoms with Crippen LogP contribution in [0, 0.1) is 19.7 Å². The molecule has 4 rings (SSSR count). The molecule has 0 saturated heterocycles. The molecule has 0 fully saturated rings. The lowest BCUT2D eigenvalue weighted by atomic mass is 9.93. The molecule has 0 aliphatic carbocycles. The molecule has 0 amide bonds. The normalized spacial score (nSPS) is 11.6. The van der Waals surface area contributed by atoms with E-state index >= 15 is 0 Å². The predicted molar refractivity (Wildman–Crippen MR) is 108 cm³/mol. The Morgan fingerprint density at radius 2 is 1.54 bits per heavy atom. The standard InChI is InChI=1S/C24H22FN/c1-14(2)20-12-18-6-5-17-7-8-26-24(23(17)21(18)13-22(20)25)19-10-15(3)9-16(4)11-19/h5-14H,1-4H3. The van der Waals surface area contributed by atoms with Crippen molar-refractivity contribution >= 4 is 21.5 Å². The van der Waals surface area contributed by atoms with Gasteiger partial charge in [0.2, 0.25) is 0 Å². The van der Waals surface area contributed by atoms with Crippen LogP contribution in [0.4, 0.5) is 4.39 Å². The summed E-state index contributed by atoms with van der Waals surface area (Å²) in [7, 11) is 0. The van der Waals surface area contributed by atoms with E-state index in [1.54, 1.807) is 6.07 Å². The van der Waals surface area contributed by atoms with Crippen molar-refractivity contribution in [1.82, 2.24) is 4.98 Å². The fourth-order valence-electron chi connectivity index (χ4n) is 3.81. The van der Waals surface area contributed by atoms with E-state index in [9.17, 15) is 4.39 Å². The zero-order chi connectivity index (χ0) is 18.4. The lowest BCUT2D eigenvalue weighted by Gasteiger charge is -2.13. The zero-order valence-electron chi connectivity index (χ0n) is 15.6. The molecule has 4 aromatic rings. The molecule has 1 heterocycles. The van der Waals surface area contributed by atoms with Gasteiger partial charge in [0.25, 0.3) is 0 Å². The summed E-state index contributed by atoms with van der Waals surface area (Å²) in [6, 6.07) is 16.3. The number of aromatic nitrogens is 1. The minimum Gasteiger partial charge on any atom is -0.256 e. The topological polar surface area (TPSA) is 12.9 Å². The molecule has 1 aromatic heterocycles. The van der Waals surface area contributed by atoms with Gasteiger partial charge in [0.05, 0.1) is 5.69 Å². The van der Waals surface area contributed by atoms with Crippen molar-refractivity contribution in [3.05, 3.63) is 77.2 Å². The van der Waals surface area contributed by atoms with Crippen LogP contribution < -0.4 is 0 Å². The molecule has 0 radical (unpaired) electrons. The minimum absolute atomic E-state index is 0.143. The predicted octanol–water partition coefficient (Wildman–Crippen LogP) is 6.93. The highest BCUT2D eigenvalue weighted by molar-refractivity contribution is 6.13. The van der Waals surface area contributed by atoms with Crippen molar-refractivity contribution in [3.63, 3.8) is 0 Å². The number of benzene rings is 3. The molecule has 0 aliphatic heterocycles. The van der Waals surface area contributed by atoms with E-state index in [0.717, 1.165) is 38.4 Å². The molecular weight excluding hydrogens is 321 g/mol. The van der Waals surface area contributed by atoms with Gasteiger partial charge in [-0.15, -0.1) is 0 Å². The highest BCUT2D eigenvalue weighted by Crippen LogP contribution is 2.35. The Morgan fingerprint density at radius 3 is 2.23 bits per heavy atom. The van der Waals surface area contributed by atoms with Gasteiger partial charge in [0, 0.05) is 17.1 Å². The fraction of sp³-hybridized carbons (Fsp3) is 0.208. The first kappa shape index (κ1) is 16.7. The molecule has 2 heteroatoms. The minimum atomic E-state index is -0.143. The van der Waals surface area contributed by atoms with Gasteiger partial charge >= 0.3 is 0 Å². The molecule has 0 spiro atoms. The van der Waals surface area contributed by atoms with Gasteiger partial charge in [0.1, 0.15) is 5.82 Å². The lowest BCUT2D eigenvalue weighted by molar-refractivity contribution is 0.600. The first-order valence-corrected chi connectivity index (χ1v) is 9.03. The number of rotatable bonds is 2. The SMILES string of the molecule is Cc1cc(C)cc(-c2nccc3ccc4cc(C(C)C)c(F)cc4c23)c1. The number of hydrogen-bond donors (Lipinski definition) is 0. The van der Waals surface area contributed by atoms with Crippen LogP contribution in [0.1, 0.15) is 36.5 Å². The van der Waals surface area contributed by atoms with Gasteiger partial charge < -0.3 is 0 Å². The number of aryl methyl sites for hydroxylation is 2. The van der Waals surface area contributed by atoms with Gasteiger partial charge in [0.15, 0.2) is 0 Å². The summed E-state index contributed by atoms with van der Waals surface area (Å²) in [6.07, 6.45) is 1.83. The van der Waals surface area contributed by atoms with Crippen LogP contribution in [0.3, 0.4) is 0 Å². The van der Waals surface area contributed by atoms with E-state index in [0.29, 0.717) is 0 Å². The van der Waals surface area contributed by atoms with Crippen LogP contribution in [0.2, 0.25) is 0 Å². The fourth-order valence-corrected chi connectivity index (χ4v) is 3.81. The molecule has 26 heavy (non-hydrogen) atoms. The number of nitrogens with zero attached hydrogens (tertiary/aromatic N) is 1. The quantitative estimate of drug-likeness (QED) is 0.359. The summed E-state index contributed by atoms with van der Waals surface area (Å²) in [4.78, 5) is 4.67. The Kier molecular flexibility index (Phi) is 3.99. The molecule has 1 nitrogen and oxygen atoms in total. The molecule has 0 atom stereocenters. The number of hydrogen-bond acceptors (Lipinski definition) is 1. The summed E-state index contributed by atoms with van der Waals surface area (Å²) < 4.78 is 14.7. The van der Waals surface area contributed by atoms with Gasteiger partial charge in [-0.1, -0.05) is 43.2 Å². The Bertz CT molecular complexity index is 1120. The third-order valence-corrected chi connectivity index (χ3v) is 4.98. The van der Waals surface area contributed by atoms with E-state index in [4.69, 9.17) is 0 Å². The molecule has 0 N–H and O–H groups in total. The second-order valence-electron chi connectivity index (χ2n) is 7.45. The second-order valence-corrected chi connectivity index (χ2v) is 7.45. The van der Waals surface area contributed by atoms with Crippen LogP contribution in [-0.2, 0) is 0 Å². The summed E-state index contributed by atoms with van der Waals surface area (Å²) in [6.45, 7) is 8.23. The van der Waals surface area contributed by atoms with Crippen LogP contribution in [0.15, 0.2) is 54.7 Å². The van der Waals surface area contributed by atoms with E-state index in [-0.39, 0.29) is 11.7 Å². The van der Waals surface area contributed by atoms with Gasteiger partial charge in [-0.3, -0.25) is 4.98 Å². The summed E-state index contributed by atoms with van der Waals surface area (Å²) in [5.74, 6) is 0.0121. The zero-order valence-corrected chi connectivity index (χ0v) is 15.6. The monoisotopic (exact) mass is 343 g/mol. The van der Waals surface area contributed by atoms with Crippen LogP contribution in [0.25, 0.3) is 32.8 Å². The molecule has 0 bridgehead atoms. The highest BCUT2D eigenvalue weighted by Gasteiger charge is 2.14.